The fraction of sp³-hybridized carbons (Fsp3) is 0.240. The molecule has 33 heavy (non-hydrogen) atoms. The molecule has 1 aliphatic heterocycles. The Morgan fingerprint density at radius 1 is 1.03 bits per heavy atom. The molecule has 170 valence electrons. The average Bonchev–Trinajstić information content (AvgIpc) is 3.42. The van der Waals surface area contributed by atoms with Gasteiger partial charge in [-0.15, -0.1) is 0 Å². The SMILES string of the molecule is CCCOc1ccc(NC(=O)C[C@@H]2C(=O)N(c3ccccc3)C(=O)N2Cc2ccco2)cc1. The van der Waals surface area contributed by atoms with Gasteiger partial charge >= 0.3 is 6.03 Å². The second-order valence-electron chi connectivity index (χ2n) is 7.64. The first-order valence-corrected chi connectivity index (χ1v) is 10.8. The van der Waals surface area contributed by atoms with Gasteiger partial charge in [0.2, 0.25) is 5.91 Å². The molecule has 0 bridgehead atoms. The highest BCUT2D eigenvalue weighted by molar-refractivity contribution is 6.22. The summed E-state index contributed by atoms with van der Waals surface area (Å²) in [6.07, 6.45) is 2.23. The summed E-state index contributed by atoms with van der Waals surface area (Å²) in [4.78, 5) is 41.7. The smallest absolute Gasteiger partial charge is 0.332 e. The molecule has 4 amide bonds. The molecule has 0 unspecified atom stereocenters. The Morgan fingerprint density at radius 3 is 2.45 bits per heavy atom. The van der Waals surface area contributed by atoms with Crippen molar-refractivity contribution < 1.29 is 23.5 Å². The van der Waals surface area contributed by atoms with Crippen LogP contribution in [0.4, 0.5) is 16.2 Å². The third kappa shape index (κ3) is 5.06. The first-order chi connectivity index (χ1) is 16.1. The molecule has 0 radical (unpaired) electrons. The summed E-state index contributed by atoms with van der Waals surface area (Å²) in [5, 5.41) is 2.79. The molecule has 0 spiro atoms. The van der Waals surface area contributed by atoms with Gasteiger partial charge in [0.1, 0.15) is 17.6 Å². The van der Waals surface area contributed by atoms with Gasteiger partial charge in [-0.1, -0.05) is 25.1 Å². The number of carbonyl (C=O) groups is 3. The number of para-hydroxylation sites is 1. The number of anilines is 2. The summed E-state index contributed by atoms with van der Waals surface area (Å²) >= 11 is 0. The molecule has 4 rings (SSSR count). The number of nitrogens with zero attached hydrogens (tertiary/aromatic N) is 2. The van der Waals surface area contributed by atoms with Gasteiger partial charge in [-0.3, -0.25) is 9.59 Å². The first-order valence-electron chi connectivity index (χ1n) is 10.8. The van der Waals surface area contributed by atoms with Crippen molar-refractivity contribution in [2.24, 2.45) is 0 Å². The number of benzene rings is 2. The fourth-order valence-corrected chi connectivity index (χ4v) is 3.64. The molecule has 8 nitrogen and oxygen atoms in total. The lowest BCUT2D eigenvalue weighted by Crippen LogP contribution is -2.37. The first kappa shape index (κ1) is 22.1. The monoisotopic (exact) mass is 447 g/mol. The predicted molar refractivity (Wildman–Crippen MR) is 123 cm³/mol. The van der Waals surface area contributed by atoms with Crippen LogP contribution >= 0.6 is 0 Å². The summed E-state index contributed by atoms with van der Waals surface area (Å²) in [6, 6.07) is 17.7. The lowest BCUT2D eigenvalue weighted by molar-refractivity contribution is -0.124. The van der Waals surface area contributed by atoms with Crippen molar-refractivity contribution in [3.8, 4) is 5.75 Å². The van der Waals surface area contributed by atoms with Crippen LogP contribution in [0, 0.1) is 0 Å². The van der Waals surface area contributed by atoms with E-state index in [4.69, 9.17) is 9.15 Å². The lowest BCUT2D eigenvalue weighted by Gasteiger charge is -2.20. The molecule has 1 atom stereocenters. The third-order valence-corrected chi connectivity index (χ3v) is 5.23. The largest absolute Gasteiger partial charge is 0.494 e. The van der Waals surface area contributed by atoms with Gasteiger partial charge in [0, 0.05) is 5.69 Å². The topological polar surface area (TPSA) is 92.1 Å². The second kappa shape index (κ2) is 10.0. The molecule has 0 saturated carbocycles. The van der Waals surface area contributed by atoms with Crippen LogP contribution < -0.4 is 15.0 Å². The quantitative estimate of drug-likeness (QED) is 0.490. The van der Waals surface area contributed by atoms with E-state index in [0.29, 0.717) is 23.7 Å². The van der Waals surface area contributed by atoms with Crippen LogP contribution in [0.15, 0.2) is 77.4 Å². The molecule has 1 fully saturated rings. The van der Waals surface area contributed by atoms with E-state index in [-0.39, 0.29) is 18.9 Å². The lowest BCUT2D eigenvalue weighted by atomic mass is 10.1. The van der Waals surface area contributed by atoms with E-state index in [2.05, 4.69) is 5.32 Å². The van der Waals surface area contributed by atoms with Crippen molar-refractivity contribution >= 4 is 29.2 Å². The molecule has 2 heterocycles. The Kier molecular flexibility index (Phi) is 6.73. The highest BCUT2D eigenvalue weighted by atomic mass is 16.5. The standard InChI is InChI=1S/C25H25N3O5/c1-2-14-32-20-12-10-18(11-13-20)26-23(29)16-22-24(30)28(19-7-4-3-5-8-19)25(31)27(22)17-21-9-6-15-33-21/h3-13,15,22H,2,14,16-17H2,1H3,(H,26,29)/t22-/m1/s1. The zero-order chi connectivity index (χ0) is 23.2. The summed E-state index contributed by atoms with van der Waals surface area (Å²) in [5.41, 5.74) is 1.04. The number of amides is 4. The van der Waals surface area contributed by atoms with Crippen molar-refractivity contribution in [3.05, 3.63) is 78.8 Å². The van der Waals surface area contributed by atoms with Crippen molar-refractivity contribution in [1.82, 2.24) is 4.90 Å². The van der Waals surface area contributed by atoms with E-state index >= 15 is 0 Å². The van der Waals surface area contributed by atoms with Gasteiger partial charge in [-0.25, -0.2) is 9.69 Å². The number of hydrogen-bond donors (Lipinski definition) is 1. The number of ether oxygens (including phenoxy) is 1. The van der Waals surface area contributed by atoms with Crippen LogP contribution in [0.2, 0.25) is 0 Å². The van der Waals surface area contributed by atoms with Crippen LogP contribution in [0.3, 0.4) is 0 Å². The molecule has 0 aliphatic carbocycles. The van der Waals surface area contributed by atoms with Crippen LogP contribution in [-0.2, 0) is 16.1 Å². The van der Waals surface area contributed by atoms with Gasteiger partial charge in [0.05, 0.1) is 31.5 Å². The summed E-state index contributed by atoms with van der Waals surface area (Å²) < 4.78 is 10.9. The van der Waals surface area contributed by atoms with Gasteiger partial charge in [-0.05, 0) is 55.0 Å². The van der Waals surface area contributed by atoms with Gasteiger partial charge in [0.15, 0.2) is 0 Å². The molecule has 1 saturated heterocycles. The minimum absolute atomic E-state index is 0.0856. The maximum absolute atomic E-state index is 13.2. The number of imide groups is 1. The Balaban J connectivity index is 1.50. The second-order valence-corrected chi connectivity index (χ2v) is 7.64. The Hall–Kier alpha value is -4.07. The van der Waals surface area contributed by atoms with Crippen molar-refractivity contribution in [3.63, 3.8) is 0 Å². The minimum atomic E-state index is -0.949. The molecular weight excluding hydrogens is 422 g/mol. The zero-order valence-electron chi connectivity index (χ0n) is 18.3. The molecule has 1 aromatic heterocycles. The summed E-state index contributed by atoms with van der Waals surface area (Å²) in [6.45, 7) is 2.73. The number of nitrogens with one attached hydrogen (secondary N) is 1. The van der Waals surface area contributed by atoms with Crippen LogP contribution in [0.25, 0.3) is 0 Å². The molecule has 1 N–H and O–H groups in total. The van der Waals surface area contributed by atoms with E-state index in [1.807, 2.05) is 6.92 Å². The van der Waals surface area contributed by atoms with Crippen LogP contribution in [-0.4, -0.2) is 35.4 Å². The van der Waals surface area contributed by atoms with Gasteiger partial charge < -0.3 is 19.4 Å². The van der Waals surface area contributed by atoms with Crippen LogP contribution in [0.5, 0.6) is 5.75 Å². The van der Waals surface area contributed by atoms with Gasteiger partial charge in [0.25, 0.3) is 5.91 Å². The number of furan rings is 1. The van der Waals surface area contributed by atoms with E-state index in [1.54, 1.807) is 66.7 Å². The molecule has 2 aromatic carbocycles. The Bertz CT molecular complexity index is 1100. The Labute approximate surface area is 191 Å². The zero-order valence-corrected chi connectivity index (χ0v) is 18.3. The molecule has 3 aromatic rings. The van der Waals surface area contributed by atoms with E-state index in [0.717, 1.165) is 17.1 Å². The maximum Gasteiger partial charge on any atom is 0.332 e. The van der Waals surface area contributed by atoms with Crippen molar-refractivity contribution in [2.45, 2.75) is 32.4 Å². The average molecular weight is 447 g/mol. The summed E-state index contributed by atoms with van der Waals surface area (Å²) in [5.74, 6) is 0.424. The number of hydrogen-bond acceptors (Lipinski definition) is 5. The molecule has 8 heteroatoms. The van der Waals surface area contributed by atoms with Crippen molar-refractivity contribution in [1.29, 1.82) is 0 Å². The summed E-state index contributed by atoms with van der Waals surface area (Å²) in [7, 11) is 0. The van der Waals surface area contributed by atoms with E-state index < -0.39 is 18.0 Å². The molecule has 1 aliphatic rings. The van der Waals surface area contributed by atoms with E-state index in [9.17, 15) is 14.4 Å². The Morgan fingerprint density at radius 2 is 1.79 bits per heavy atom. The van der Waals surface area contributed by atoms with E-state index in [1.165, 1.54) is 11.2 Å². The normalized spacial score (nSPS) is 15.7. The van der Waals surface area contributed by atoms with Crippen molar-refractivity contribution in [2.75, 3.05) is 16.8 Å². The maximum atomic E-state index is 13.2. The fourth-order valence-electron chi connectivity index (χ4n) is 3.64. The molecular formula is C25H25N3O5. The minimum Gasteiger partial charge on any atom is -0.494 e. The number of carbonyl (C=O) groups excluding carboxylic acids is 3. The predicted octanol–water partition coefficient (Wildman–Crippen LogP) is 4.43. The third-order valence-electron chi connectivity index (χ3n) is 5.23. The van der Waals surface area contributed by atoms with Crippen LogP contribution in [0.1, 0.15) is 25.5 Å². The number of urea groups is 1. The van der Waals surface area contributed by atoms with Gasteiger partial charge in [-0.2, -0.15) is 0 Å². The number of rotatable bonds is 9. The highest BCUT2D eigenvalue weighted by Crippen LogP contribution is 2.28. The highest BCUT2D eigenvalue weighted by Gasteiger charge is 2.46.